The molecule has 0 unspecified atom stereocenters. The minimum atomic E-state index is -1.40. The third-order valence-electron chi connectivity index (χ3n) is 6.96. The Hall–Kier alpha value is -3.92. The number of aromatic carboxylic acids is 1. The molecule has 0 aromatic heterocycles. The van der Waals surface area contributed by atoms with Crippen molar-refractivity contribution in [3.63, 3.8) is 0 Å². The first-order valence-electron chi connectivity index (χ1n) is 11.9. The van der Waals surface area contributed by atoms with Gasteiger partial charge in [-0.15, -0.1) is 0 Å². The van der Waals surface area contributed by atoms with E-state index in [9.17, 15) is 39.6 Å². The molecule has 2 aliphatic rings. The lowest BCUT2D eigenvalue weighted by Crippen LogP contribution is -2.43. The number of hydrogen-bond acceptors (Lipinski definition) is 7. The number of carbonyl (C=O) groups excluding carboxylic acids is 2. The number of amides is 2. The average Bonchev–Trinajstić information content (AvgIpc) is 3.34. The standard InChI is InChI=1S/C26H28N2O8/c1-2-3-4-5-7-13-11-16(18(30)12-17(13)29)21-19-20(22(27-21)26(35)36)24(32)28(23(19)31)15-9-6-8-14(10-15)25(33)34/h6,8-12,19-22,27,29-30H,2-5,7H2,1H3,(H,33,34)(H,35,36)/t19-,20-,21-,22-/m0/s1. The van der Waals surface area contributed by atoms with Crippen LogP contribution in [0.1, 0.15) is 60.1 Å². The van der Waals surface area contributed by atoms with Crippen LogP contribution in [0.15, 0.2) is 36.4 Å². The molecule has 2 fully saturated rings. The van der Waals surface area contributed by atoms with Crippen molar-refractivity contribution in [2.45, 2.75) is 51.1 Å². The smallest absolute Gasteiger partial charge is 0.335 e. The normalized spacial score (nSPS) is 23.2. The third kappa shape index (κ3) is 4.39. The Morgan fingerprint density at radius 1 is 0.944 bits per heavy atom. The Morgan fingerprint density at radius 2 is 1.67 bits per heavy atom. The first-order chi connectivity index (χ1) is 17.1. The molecular weight excluding hydrogens is 468 g/mol. The summed E-state index contributed by atoms with van der Waals surface area (Å²) in [6, 6.07) is 5.64. The second-order valence-corrected chi connectivity index (χ2v) is 9.23. The zero-order valence-corrected chi connectivity index (χ0v) is 19.7. The summed E-state index contributed by atoms with van der Waals surface area (Å²) in [6.07, 6.45) is 4.37. The summed E-state index contributed by atoms with van der Waals surface area (Å²) in [5.41, 5.74) is 0.686. The SMILES string of the molecule is CCCCCCc1cc([C@@H]2N[C@H](C(=O)O)[C@H]3C(=O)N(c4cccc(C(=O)O)c4)C(=O)[C@@H]32)c(O)cc1O. The van der Waals surface area contributed by atoms with Crippen molar-refractivity contribution in [2.75, 3.05) is 4.90 Å². The maximum Gasteiger partial charge on any atom is 0.335 e. The fourth-order valence-corrected chi connectivity index (χ4v) is 5.19. The summed E-state index contributed by atoms with van der Waals surface area (Å²) in [6.45, 7) is 2.08. The quantitative estimate of drug-likeness (QED) is 0.259. The lowest BCUT2D eigenvalue weighted by Gasteiger charge is -2.23. The molecule has 2 amide bonds. The molecule has 0 spiro atoms. The van der Waals surface area contributed by atoms with Gasteiger partial charge in [0.2, 0.25) is 11.8 Å². The largest absolute Gasteiger partial charge is 0.508 e. The molecule has 10 nitrogen and oxygen atoms in total. The van der Waals surface area contributed by atoms with Crippen LogP contribution >= 0.6 is 0 Å². The lowest BCUT2D eigenvalue weighted by atomic mass is 9.85. The molecule has 10 heteroatoms. The van der Waals surface area contributed by atoms with Crippen LogP contribution in [0.5, 0.6) is 11.5 Å². The summed E-state index contributed by atoms with van der Waals surface area (Å²) in [4.78, 5) is 51.1. The number of benzene rings is 2. The van der Waals surface area contributed by atoms with Gasteiger partial charge in [0, 0.05) is 17.7 Å². The van der Waals surface area contributed by atoms with E-state index in [1.807, 2.05) is 0 Å². The second kappa shape index (κ2) is 9.98. The van der Waals surface area contributed by atoms with Gasteiger partial charge in [-0.2, -0.15) is 0 Å². The van der Waals surface area contributed by atoms with Gasteiger partial charge < -0.3 is 20.4 Å². The number of nitrogens with one attached hydrogen (secondary N) is 1. The Kier molecular flexibility index (Phi) is 6.98. The molecule has 0 bridgehead atoms. The number of aliphatic carboxylic acids is 1. The van der Waals surface area contributed by atoms with Gasteiger partial charge in [0.25, 0.3) is 0 Å². The van der Waals surface area contributed by atoms with Crippen LogP contribution in [0.25, 0.3) is 0 Å². The number of carboxylic acids is 2. The second-order valence-electron chi connectivity index (χ2n) is 9.23. The van der Waals surface area contributed by atoms with Crippen molar-refractivity contribution in [3.05, 3.63) is 53.1 Å². The van der Waals surface area contributed by atoms with E-state index in [1.165, 1.54) is 30.3 Å². The molecule has 5 N–H and O–H groups in total. The molecule has 0 saturated carbocycles. The summed E-state index contributed by atoms with van der Waals surface area (Å²) in [5.74, 6) is -6.83. The van der Waals surface area contributed by atoms with Crippen molar-refractivity contribution in [2.24, 2.45) is 11.8 Å². The number of carboxylic acid groups (broad SMARTS) is 2. The van der Waals surface area contributed by atoms with Gasteiger partial charge in [-0.25, -0.2) is 9.69 Å². The molecule has 2 heterocycles. The number of anilines is 1. The fraction of sp³-hybridized carbons (Fsp3) is 0.385. The van der Waals surface area contributed by atoms with Gasteiger partial charge >= 0.3 is 11.9 Å². The number of aryl methyl sites for hydroxylation is 1. The van der Waals surface area contributed by atoms with Crippen LogP contribution in [0.2, 0.25) is 0 Å². The first kappa shape index (κ1) is 25.2. The number of nitrogens with zero attached hydrogens (tertiary/aromatic N) is 1. The third-order valence-corrected chi connectivity index (χ3v) is 6.96. The van der Waals surface area contributed by atoms with Gasteiger partial charge in [-0.05, 0) is 42.7 Å². The van der Waals surface area contributed by atoms with E-state index in [1.54, 1.807) is 6.07 Å². The number of phenols is 2. The van der Waals surface area contributed by atoms with Crippen LogP contribution in [-0.2, 0) is 20.8 Å². The monoisotopic (exact) mass is 496 g/mol. The van der Waals surface area contributed by atoms with E-state index in [2.05, 4.69) is 12.2 Å². The zero-order chi connectivity index (χ0) is 26.1. The van der Waals surface area contributed by atoms with Crippen LogP contribution in [-0.4, -0.2) is 50.2 Å². The molecule has 2 saturated heterocycles. The Bertz CT molecular complexity index is 1230. The number of aromatic hydroxyl groups is 2. The molecule has 36 heavy (non-hydrogen) atoms. The predicted octanol–water partition coefficient (Wildman–Crippen LogP) is 2.82. The number of phenolic OH excluding ortho intramolecular Hbond substituents is 2. The number of rotatable bonds is 9. The Balaban J connectivity index is 1.72. The number of imide groups is 1. The van der Waals surface area contributed by atoms with Crippen molar-refractivity contribution in [1.29, 1.82) is 0 Å². The molecular formula is C26H28N2O8. The summed E-state index contributed by atoms with van der Waals surface area (Å²) >= 11 is 0. The molecule has 0 aliphatic carbocycles. The van der Waals surface area contributed by atoms with Gasteiger partial charge in [0.15, 0.2) is 0 Å². The summed E-state index contributed by atoms with van der Waals surface area (Å²) in [5, 5.41) is 42.9. The van der Waals surface area contributed by atoms with E-state index in [0.717, 1.165) is 30.6 Å². The molecule has 2 aromatic rings. The van der Waals surface area contributed by atoms with Crippen molar-refractivity contribution in [3.8, 4) is 11.5 Å². The molecule has 190 valence electrons. The first-order valence-corrected chi connectivity index (χ1v) is 11.9. The zero-order valence-electron chi connectivity index (χ0n) is 19.7. The highest BCUT2D eigenvalue weighted by molar-refractivity contribution is 6.24. The van der Waals surface area contributed by atoms with Gasteiger partial charge in [-0.1, -0.05) is 32.3 Å². The number of hydrogen-bond donors (Lipinski definition) is 5. The Morgan fingerprint density at radius 3 is 2.33 bits per heavy atom. The molecule has 2 aliphatic heterocycles. The maximum absolute atomic E-state index is 13.5. The minimum Gasteiger partial charge on any atom is -0.508 e. The van der Waals surface area contributed by atoms with Gasteiger partial charge in [0.05, 0.1) is 23.1 Å². The average molecular weight is 497 g/mol. The molecule has 4 atom stereocenters. The van der Waals surface area contributed by atoms with E-state index in [0.29, 0.717) is 12.0 Å². The van der Waals surface area contributed by atoms with Crippen LogP contribution in [0.3, 0.4) is 0 Å². The van der Waals surface area contributed by atoms with E-state index < -0.39 is 47.7 Å². The van der Waals surface area contributed by atoms with Crippen molar-refractivity contribution < 1.29 is 39.6 Å². The number of carbonyl (C=O) groups is 4. The van der Waals surface area contributed by atoms with E-state index >= 15 is 0 Å². The topological polar surface area (TPSA) is 164 Å². The highest BCUT2D eigenvalue weighted by Crippen LogP contribution is 2.48. The number of unbranched alkanes of at least 4 members (excludes halogenated alkanes) is 3. The fourth-order valence-electron chi connectivity index (χ4n) is 5.19. The van der Waals surface area contributed by atoms with E-state index in [4.69, 9.17) is 0 Å². The molecule has 0 radical (unpaired) electrons. The lowest BCUT2D eigenvalue weighted by molar-refractivity contribution is -0.142. The highest BCUT2D eigenvalue weighted by Gasteiger charge is 2.61. The Labute approximate surface area is 207 Å². The number of fused-ring (bicyclic) bond motifs is 1. The van der Waals surface area contributed by atoms with Crippen LogP contribution in [0, 0.1) is 11.8 Å². The molecule has 4 rings (SSSR count). The van der Waals surface area contributed by atoms with E-state index in [-0.39, 0.29) is 28.3 Å². The van der Waals surface area contributed by atoms with Gasteiger partial charge in [-0.3, -0.25) is 19.7 Å². The van der Waals surface area contributed by atoms with Crippen LogP contribution < -0.4 is 10.2 Å². The highest BCUT2D eigenvalue weighted by atomic mass is 16.4. The summed E-state index contributed by atoms with van der Waals surface area (Å²) in [7, 11) is 0. The summed E-state index contributed by atoms with van der Waals surface area (Å²) < 4.78 is 0. The maximum atomic E-state index is 13.5. The molecule has 2 aromatic carbocycles. The van der Waals surface area contributed by atoms with Crippen molar-refractivity contribution in [1.82, 2.24) is 5.32 Å². The predicted molar refractivity (Wildman–Crippen MR) is 128 cm³/mol. The minimum absolute atomic E-state index is 0.0359. The van der Waals surface area contributed by atoms with Gasteiger partial charge in [0.1, 0.15) is 17.5 Å². The van der Waals surface area contributed by atoms with Crippen LogP contribution in [0.4, 0.5) is 5.69 Å². The van der Waals surface area contributed by atoms with Crippen molar-refractivity contribution >= 4 is 29.4 Å².